The summed E-state index contributed by atoms with van der Waals surface area (Å²) < 4.78 is 20.7. The molecule has 0 saturated heterocycles. The quantitative estimate of drug-likeness (QED) is 0.546. The van der Waals surface area contributed by atoms with Gasteiger partial charge in [0.25, 0.3) is 0 Å². The largest absolute Gasteiger partial charge is 0.489 e. The number of para-hydroxylation sites is 1. The third kappa shape index (κ3) is 5.13. The molecule has 3 rings (SSSR count). The highest BCUT2D eigenvalue weighted by Gasteiger charge is 2.14. The van der Waals surface area contributed by atoms with Gasteiger partial charge in [-0.25, -0.2) is 4.39 Å². The number of rotatable bonds is 7. The molecule has 6 heteroatoms. The molecule has 0 amide bonds. The summed E-state index contributed by atoms with van der Waals surface area (Å²) in [6.07, 6.45) is -0.133. The first-order chi connectivity index (χ1) is 13.8. The Morgan fingerprint density at radius 3 is 2.66 bits per heavy atom. The van der Waals surface area contributed by atoms with E-state index >= 15 is 0 Å². The second-order valence-corrected chi connectivity index (χ2v) is 7.25. The van der Waals surface area contributed by atoms with Crippen molar-refractivity contribution >= 4 is 17.6 Å². The lowest BCUT2D eigenvalue weighted by Gasteiger charge is -2.14. The molecule has 29 heavy (non-hydrogen) atoms. The van der Waals surface area contributed by atoms with Crippen molar-refractivity contribution in [3.8, 4) is 16.9 Å². The number of ether oxygens (including phenoxy) is 1. The van der Waals surface area contributed by atoms with Gasteiger partial charge in [0.1, 0.15) is 18.2 Å². The maximum atomic E-state index is 14.9. The predicted octanol–water partition coefficient (Wildman–Crippen LogP) is 5.37. The first-order valence-electron chi connectivity index (χ1n) is 9.11. The number of benzene rings is 3. The highest BCUT2D eigenvalue weighted by atomic mass is 35.5. The third-order valence-electron chi connectivity index (χ3n) is 4.50. The summed E-state index contributed by atoms with van der Waals surface area (Å²) in [5, 5.41) is 9.49. The first kappa shape index (κ1) is 20.8. The van der Waals surface area contributed by atoms with Crippen molar-refractivity contribution in [3.63, 3.8) is 0 Å². The Balaban J connectivity index is 1.88. The van der Waals surface area contributed by atoms with E-state index in [1.165, 1.54) is 0 Å². The van der Waals surface area contributed by atoms with Gasteiger partial charge in [-0.3, -0.25) is 4.79 Å². The van der Waals surface area contributed by atoms with Crippen LogP contribution in [0.3, 0.4) is 0 Å². The van der Waals surface area contributed by atoms with Crippen molar-refractivity contribution in [2.75, 3.05) is 0 Å². The summed E-state index contributed by atoms with van der Waals surface area (Å²) >= 11 is 6.26. The van der Waals surface area contributed by atoms with E-state index in [1.807, 2.05) is 0 Å². The van der Waals surface area contributed by atoms with Crippen LogP contribution in [0.15, 0.2) is 60.7 Å². The van der Waals surface area contributed by atoms with E-state index in [1.54, 1.807) is 67.6 Å². The second kappa shape index (κ2) is 9.07. The number of halogens is 2. The first-order valence-corrected chi connectivity index (χ1v) is 9.49. The van der Waals surface area contributed by atoms with Crippen LogP contribution in [0.1, 0.15) is 29.7 Å². The van der Waals surface area contributed by atoms with Crippen LogP contribution in [-0.2, 0) is 17.8 Å². The number of hydrogen-bond donors (Lipinski definition) is 2. The van der Waals surface area contributed by atoms with Gasteiger partial charge in [0.05, 0.1) is 6.42 Å². The van der Waals surface area contributed by atoms with Crippen LogP contribution in [0.5, 0.6) is 5.75 Å². The van der Waals surface area contributed by atoms with Crippen molar-refractivity contribution in [2.24, 2.45) is 5.73 Å². The zero-order chi connectivity index (χ0) is 21.0. The average molecular weight is 414 g/mol. The number of aliphatic carboxylic acids is 1. The lowest BCUT2D eigenvalue weighted by molar-refractivity contribution is -0.136. The van der Waals surface area contributed by atoms with Gasteiger partial charge in [-0.1, -0.05) is 48.0 Å². The van der Waals surface area contributed by atoms with Gasteiger partial charge in [0, 0.05) is 27.8 Å². The SMILES string of the molecule is C[C@@H](N)c1cccc(-c2cc(Cl)cc(COc3ccccc3CC(=O)O)c2)c1F. The number of hydrogen-bond acceptors (Lipinski definition) is 3. The standard InChI is InChI=1S/C23H21ClFNO3/c1-14(26)19-6-4-7-20(23(19)25)17-9-15(10-18(24)11-17)13-29-21-8-3-2-5-16(21)12-22(27)28/h2-11,14H,12-13,26H2,1H3,(H,27,28)/t14-/m1/s1. The minimum absolute atomic E-state index is 0.133. The lowest BCUT2D eigenvalue weighted by Crippen LogP contribution is -2.08. The molecule has 3 aromatic carbocycles. The molecule has 0 aliphatic heterocycles. The Hall–Kier alpha value is -2.89. The van der Waals surface area contributed by atoms with Crippen molar-refractivity contribution in [3.05, 3.63) is 88.2 Å². The lowest BCUT2D eigenvalue weighted by atomic mass is 9.98. The summed E-state index contributed by atoms with van der Waals surface area (Å²) in [7, 11) is 0. The molecule has 1 atom stereocenters. The molecular weight excluding hydrogens is 393 g/mol. The van der Waals surface area contributed by atoms with Crippen molar-refractivity contribution in [1.29, 1.82) is 0 Å². The summed E-state index contributed by atoms with van der Waals surface area (Å²) in [6.45, 7) is 1.90. The van der Waals surface area contributed by atoms with Crippen molar-refractivity contribution in [1.82, 2.24) is 0 Å². The Morgan fingerprint density at radius 2 is 1.93 bits per heavy atom. The molecule has 0 saturated carbocycles. The number of carboxylic acid groups (broad SMARTS) is 1. The zero-order valence-corrected chi connectivity index (χ0v) is 16.6. The smallest absolute Gasteiger partial charge is 0.307 e. The molecule has 0 heterocycles. The summed E-state index contributed by atoms with van der Waals surface area (Å²) in [4.78, 5) is 11.0. The van der Waals surface area contributed by atoms with Gasteiger partial charge in [-0.15, -0.1) is 0 Å². The third-order valence-corrected chi connectivity index (χ3v) is 4.71. The Kier molecular flexibility index (Phi) is 6.52. The molecule has 0 aliphatic carbocycles. The zero-order valence-electron chi connectivity index (χ0n) is 15.9. The van der Waals surface area contributed by atoms with E-state index in [9.17, 15) is 9.18 Å². The van der Waals surface area contributed by atoms with Crippen LogP contribution in [0.25, 0.3) is 11.1 Å². The van der Waals surface area contributed by atoms with Gasteiger partial charge >= 0.3 is 5.97 Å². The molecule has 0 bridgehead atoms. The molecule has 150 valence electrons. The topological polar surface area (TPSA) is 72.5 Å². The summed E-state index contributed by atoms with van der Waals surface area (Å²) in [5.41, 5.74) is 8.64. The van der Waals surface area contributed by atoms with Crippen LogP contribution in [0.4, 0.5) is 4.39 Å². The van der Waals surface area contributed by atoms with Gasteiger partial charge < -0.3 is 15.6 Å². The van der Waals surface area contributed by atoms with Gasteiger partial charge in [0.2, 0.25) is 0 Å². The van der Waals surface area contributed by atoms with E-state index in [4.69, 9.17) is 27.2 Å². The van der Waals surface area contributed by atoms with Crippen LogP contribution < -0.4 is 10.5 Å². The maximum Gasteiger partial charge on any atom is 0.307 e. The van der Waals surface area contributed by atoms with E-state index in [-0.39, 0.29) is 18.8 Å². The normalized spacial score (nSPS) is 11.9. The Labute approximate surface area is 173 Å². The van der Waals surface area contributed by atoms with Crippen molar-refractivity contribution in [2.45, 2.75) is 26.0 Å². The average Bonchev–Trinajstić information content (AvgIpc) is 2.66. The van der Waals surface area contributed by atoms with Crippen LogP contribution in [0.2, 0.25) is 5.02 Å². The molecule has 0 aromatic heterocycles. The van der Waals surface area contributed by atoms with Gasteiger partial charge in [0.15, 0.2) is 0 Å². The Bertz CT molecular complexity index is 1040. The highest BCUT2D eigenvalue weighted by Crippen LogP contribution is 2.31. The van der Waals surface area contributed by atoms with Gasteiger partial charge in [-0.05, 0) is 42.3 Å². The monoisotopic (exact) mass is 413 g/mol. The fraction of sp³-hybridized carbons (Fsp3) is 0.174. The molecule has 0 radical (unpaired) electrons. The van der Waals surface area contributed by atoms with E-state index in [2.05, 4.69) is 0 Å². The van der Waals surface area contributed by atoms with E-state index < -0.39 is 12.0 Å². The molecular formula is C23H21ClFNO3. The molecule has 3 aromatic rings. The number of carbonyl (C=O) groups is 1. The van der Waals surface area contributed by atoms with Crippen molar-refractivity contribution < 1.29 is 19.0 Å². The fourth-order valence-corrected chi connectivity index (χ4v) is 3.39. The second-order valence-electron chi connectivity index (χ2n) is 6.81. The molecule has 0 spiro atoms. The predicted molar refractivity (Wildman–Crippen MR) is 112 cm³/mol. The molecule has 0 fully saturated rings. The molecule has 4 nitrogen and oxygen atoms in total. The number of nitrogens with two attached hydrogens (primary N) is 1. The minimum Gasteiger partial charge on any atom is -0.489 e. The molecule has 0 unspecified atom stereocenters. The molecule has 3 N–H and O–H groups in total. The summed E-state index contributed by atoms with van der Waals surface area (Å²) in [5.74, 6) is -0.819. The van der Waals surface area contributed by atoms with E-state index in [0.29, 0.717) is 33.0 Å². The summed E-state index contributed by atoms with van der Waals surface area (Å²) in [6, 6.07) is 16.9. The minimum atomic E-state index is -0.935. The highest BCUT2D eigenvalue weighted by molar-refractivity contribution is 6.31. The van der Waals surface area contributed by atoms with Crippen LogP contribution in [-0.4, -0.2) is 11.1 Å². The maximum absolute atomic E-state index is 14.9. The molecule has 0 aliphatic rings. The van der Waals surface area contributed by atoms with Crippen LogP contribution >= 0.6 is 11.6 Å². The van der Waals surface area contributed by atoms with Crippen LogP contribution in [0, 0.1) is 5.82 Å². The number of carboxylic acids is 1. The fourth-order valence-electron chi connectivity index (χ4n) is 3.13. The Morgan fingerprint density at radius 1 is 1.17 bits per heavy atom. The van der Waals surface area contributed by atoms with E-state index in [0.717, 1.165) is 5.56 Å². The van der Waals surface area contributed by atoms with Gasteiger partial charge in [-0.2, -0.15) is 0 Å².